The first-order valence-electron chi connectivity index (χ1n) is 6.93. The van der Waals surface area contributed by atoms with Crippen LogP contribution >= 0.6 is 0 Å². The topological polar surface area (TPSA) is 58.1 Å². The zero-order chi connectivity index (χ0) is 15.5. The molecule has 5 nitrogen and oxygen atoms in total. The van der Waals surface area contributed by atoms with E-state index in [-0.39, 0.29) is 5.91 Å². The van der Waals surface area contributed by atoms with Gasteiger partial charge in [-0.15, -0.1) is 0 Å². The molecular weight excluding hydrogens is 276 g/mol. The van der Waals surface area contributed by atoms with E-state index in [9.17, 15) is 4.79 Å². The molecule has 0 saturated heterocycles. The first kappa shape index (κ1) is 14.0. The molecule has 1 amide bonds. The fourth-order valence-electron chi connectivity index (χ4n) is 2.20. The minimum atomic E-state index is -0.262. The molecule has 0 spiro atoms. The summed E-state index contributed by atoms with van der Waals surface area (Å²) in [4.78, 5) is 22.8. The number of hydrogen-bond donors (Lipinski definition) is 1. The van der Waals surface area contributed by atoms with E-state index in [4.69, 9.17) is 0 Å². The third-order valence-corrected chi connectivity index (χ3v) is 3.39. The minimum Gasteiger partial charge on any atom is -0.376 e. The smallest absolute Gasteiger partial charge is 0.276 e. The number of aromatic nitrogens is 2. The van der Waals surface area contributed by atoms with Gasteiger partial charge in [0.1, 0.15) is 11.5 Å². The Morgan fingerprint density at radius 3 is 2.59 bits per heavy atom. The van der Waals surface area contributed by atoms with Crippen LogP contribution in [-0.4, -0.2) is 30.0 Å². The van der Waals surface area contributed by atoms with E-state index < -0.39 is 0 Å². The summed E-state index contributed by atoms with van der Waals surface area (Å²) < 4.78 is 0. The van der Waals surface area contributed by atoms with Gasteiger partial charge >= 0.3 is 0 Å². The minimum absolute atomic E-state index is 0.262. The zero-order valence-corrected chi connectivity index (χ0v) is 12.4. The third-order valence-electron chi connectivity index (χ3n) is 3.39. The second kappa shape index (κ2) is 5.81. The Hall–Kier alpha value is -2.95. The fourth-order valence-corrected chi connectivity index (χ4v) is 2.20. The summed E-state index contributed by atoms with van der Waals surface area (Å²) in [6, 6.07) is 13.2. The molecule has 2 heterocycles. The highest BCUT2D eigenvalue weighted by molar-refractivity contribution is 6.11. The highest BCUT2D eigenvalue weighted by atomic mass is 16.1. The van der Waals surface area contributed by atoms with Crippen molar-refractivity contribution in [2.45, 2.75) is 0 Å². The lowest BCUT2D eigenvalue weighted by molar-refractivity contribution is 0.102. The number of nitrogens with one attached hydrogen (secondary N) is 1. The molecule has 3 aromatic rings. The second-order valence-electron chi connectivity index (χ2n) is 5.13. The van der Waals surface area contributed by atoms with Crippen LogP contribution in [0.5, 0.6) is 0 Å². The molecular formula is C17H16N4O. The first-order valence-corrected chi connectivity index (χ1v) is 6.93. The van der Waals surface area contributed by atoms with Gasteiger partial charge in [0.2, 0.25) is 0 Å². The Morgan fingerprint density at radius 1 is 1.05 bits per heavy atom. The van der Waals surface area contributed by atoms with Gasteiger partial charge in [0.05, 0.1) is 11.9 Å². The van der Waals surface area contributed by atoms with Crippen LogP contribution in [0, 0.1) is 0 Å². The number of fused-ring (bicyclic) bond motifs is 1. The van der Waals surface area contributed by atoms with Crippen molar-refractivity contribution in [3.8, 4) is 0 Å². The van der Waals surface area contributed by atoms with E-state index in [1.807, 2.05) is 55.4 Å². The van der Waals surface area contributed by atoms with Gasteiger partial charge in [0, 0.05) is 25.7 Å². The maximum atomic E-state index is 12.4. The monoisotopic (exact) mass is 292 g/mol. The predicted octanol–water partition coefficient (Wildman–Crippen LogP) is 2.95. The summed E-state index contributed by atoms with van der Waals surface area (Å²) in [5.74, 6) is 0.243. The molecule has 110 valence electrons. The predicted molar refractivity (Wildman–Crippen MR) is 88.3 cm³/mol. The maximum Gasteiger partial charge on any atom is 0.276 e. The highest BCUT2D eigenvalue weighted by Gasteiger charge is 2.12. The van der Waals surface area contributed by atoms with Gasteiger partial charge in [-0.1, -0.05) is 24.3 Å². The lowest BCUT2D eigenvalue weighted by atomic mass is 10.1. The molecule has 0 bridgehead atoms. The van der Waals surface area contributed by atoms with Crippen molar-refractivity contribution in [3.05, 3.63) is 60.6 Å². The summed E-state index contributed by atoms with van der Waals surface area (Å²) in [6.07, 6.45) is 3.35. The SMILES string of the molecule is CN(C)c1ccc(NC(=O)c2nccc3ccccc23)nc1. The standard InChI is InChI=1S/C17H16N4O/c1-21(2)13-7-8-15(19-11-13)20-17(22)16-14-6-4-3-5-12(14)9-10-18-16/h3-11H,1-2H3,(H,19,20,22). The average Bonchev–Trinajstić information content (AvgIpc) is 2.54. The van der Waals surface area contributed by atoms with Gasteiger partial charge in [-0.25, -0.2) is 4.98 Å². The van der Waals surface area contributed by atoms with Crippen molar-refractivity contribution in [1.29, 1.82) is 0 Å². The van der Waals surface area contributed by atoms with Crippen LogP contribution in [-0.2, 0) is 0 Å². The molecule has 22 heavy (non-hydrogen) atoms. The number of carbonyl (C=O) groups excluding carboxylic acids is 1. The van der Waals surface area contributed by atoms with E-state index in [0.717, 1.165) is 16.5 Å². The molecule has 0 aliphatic carbocycles. The summed E-state index contributed by atoms with van der Waals surface area (Å²) in [7, 11) is 3.88. The number of nitrogens with zero attached hydrogens (tertiary/aromatic N) is 3. The van der Waals surface area contributed by atoms with E-state index in [2.05, 4.69) is 15.3 Å². The molecule has 0 atom stereocenters. The number of rotatable bonds is 3. The summed E-state index contributed by atoms with van der Waals surface area (Å²) >= 11 is 0. The Kier molecular flexibility index (Phi) is 3.70. The molecule has 0 radical (unpaired) electrons. The van der Waals surface area contributed by atoms with Crippen LogP contribution in [0.2, 0.25) is 0 Å². The van der Waals surface area contributed by atoms with E-state index >= 15 is 0 Å². The van der Waals surface area contributed by atoms with Crippen LogP contribution in [0.1, 0.15) is 10.5 Å². The Balaban J connectivity index is 1.87. The van der Waals surface area contributed by atoms with Gasteiger partial charge in [-0.05, 0) is 23.6 Å². The van der Waals surface area contributed by atoms with Crippen molar-refractivity contribution in [2.24, 2.45) is 0 Å². The Bertz CT molecular complexity index is 807. The van der Waals surface area contributed by atoms with Crippen molar-refractivity contribution in [2.75, 3.05) is 24.3 Å². The summed E-state index contributed by atoms with van der Waals surface area (Å²) in [5, 5.41) is 4.60. The van der Waals surface area contributed by atoms with E-state index in [1.54, 1.807) is 18.5 Å². The first-order chi connectivity index (χ1) is 10.6. The number of carbonyl (C=O) groups is 1. The second-order valence-corrected chi connectivity index (χ2v) is 5.13. The summed E-state index contributed by atoms with van der Waals surface area (Å²) in [6.45, 7) is 0. The zero-order valence-electron chi connectivity index (χ0n) is 12.4. The van der Waals surface area contributed by atoms with E-state index in [0.29, 0.717) is 11.5 Å². The van der Waals surface area contributed by atoms with Gasteiger partial charge in [-0.3, -0.25) is 9.78 Å². The molecule has 1 N–H and O–H groups in total. The van der Waals surface area contributed by atoms with Gasteiger partial charge in [0.25, 0.3) is 5.91 Å². The molecule has 0 saturated carbocycles. The van der Waals surface area contributed by atoms with Crippen LogP contribution in [0.25, 0.3) is 10.8 Å². The lowest BCUT2D eigenvalue weighted by Crippen LogP contribution is -2.15. The number of pyridine rings is 2. The van der Waals surface area contributed by atoms with Gasteiger partial charge in [-0.2, -0.15) is 0 Å². The lowest BCUT2D eigenvalue weighted by Gasteiger charge is -2.12. The quantitative estimate of drug-likeness (QED) is 0.806. The Morgan fingerprint density at radius 2 is 1.86 bits per heavy atom. The normalized spacial score (nSPS) is 10.5. The van der Waals surface area contributed by atoms with Crippen LogP contribution in [0.4, 0.5) is 11.5 Å². The molecule has 5 heteroatoms. The van der Waals surface area contributed by atoms with E-state index in [1.165, 1.54) is 0 Å². The largest absolute Gasteiger partial charge is 0.376 e. The molecule has 0 aliphatic rings. The average molecular weight is 292 g/mol. The molecule has 2 aromatic heterocycles. The van der Waals surface area contributed by atoms with Crippen LogP contribution in [0.15, 0.2) is 54.9 Å². The van der Waals surface area contributed by atoms with Crippen molar-refractivity contribution >= 4 is 28.2 Å². The van der Waals surface area contributed by atoms with Crippen molar-refractivity contribution in [1.82, 2.24) is 9.97 Å². The third kappa shape index (κ3) is 2.74. The number of benzene rings is 1. The molecule has 1 aromatic carbocycles. The van der Waals surface area contributed by atoms with Crippen LogP contribution in [0.3, 0.4) is 0 Å². The number of anilines is 2. The van der Waals surface area contributed by atoms with Crippen molar-refractivity contribution in [3.63, 3.8) is 0 Å². The number of amides is 1. The van der Waals surface area contributed by atoms with Gasteiger partial charge < -0.3 is 10.2 Å². The number of hydrogen-bond acceptors (Lipinski definition) is 4. The summed E-state index contributed by atoms with van der Waals surface area (Å²) in [5.41, 5.74) is 1.37. The molecule has 0 unspecified atom stereocenters. The maximum absolute atomic E-state index is 12.4. The molecule has 3 rings (SSSR count). The van der Waals surface area contributed by atoms with Crippen molar-refractivity contribution < 1.29 is 4.79 Å². The van der Waals surface area contributed by atoms with Crippen LogP contribution < -0.4 is 10.2 Å². The molecule has 0 aliphatic heterocycles. The van der Waals surface area contributed by atoms with Gasteiger partial charge in [0.15, 0.2) is 0 Å². The Labute approximate surface area is 128 Å². The highest BCUT2D eigenvalue weighted by Crippen LogP contribution is 2.18. The molecule has 0 fully saturated rings. The fraction of sp³-hybridized carbons (Fsp3) is 0.118.